The largest absolute Gasteiger partial charge is 0.457 e. The van der Waals surface area contributed by atoms with Gasteiger partial charge >= 0.3 is 11.9 Å². The molecule has 2 heterocycles. The Labute approximate surface area is 269 Å². The SMILES string of the molecule is CC[C@H](OC)[C@@H](C)[C@H]1O[C@@H]1C(NC1CCC1)C(C)(O)C=CC=C(C)C1OC(=O)C[C@H](O)CC[C@@](C)(O)[C@@H](OC(C)=O)C=C[C@@H]1C. The van der Waals surface area contributed by atoms with Crippen LogP contribution in [0.1, 0.15) is 93.4 Å². The van der Waals surface area contributed by atoms with Gasteiger partial charge in [0.2, 0.25) is 0 Å². The molecular formula is C35H57NO9. The van der Waals surface area contributed by atoms with Crippen molar-refractivity contribution in [2.45, 2.75) is 153 Å². The summed E-state index contributed by atoms with van der Waals surface area (Å²) in [5.41, 5.74) is -1.95. The lowest BCUT2D eigenvalue weighted by atomic mass is 9.84. The van der Waals surface area contributed by atoms with Gasteiger partial charge in [0.1, 0.15) is 23.9 Å². The van der Waals surface area contributed by atoms with Crippen molar-refractivity contribution in [3.05, 3.63) is 36.0 Å². The van der Waals surface area contributed by atoms with Gasteiger partial charge in [-0.1, -0.05) is 51.5 Å². The Bertz CT molecular complexity index is 1070. The molecule has 0 aromatic carbocycles. The number of hydrogen-bond donors (Lipinski definition) is 4. The van der Waals surface area contributed by atoms with Gasteiger partial charge in [0.05, 0.1) is 36.4 Å². The van der Waals surface area contributed by atoms with Crippen molar-refractivity contribution in [2.75, 3.05) is 7.11 Å². The Morgan fingerprint density at radius 1 is 1.24 bits per heavy atom. The van der Waals surface area contributed by atoms with Crippen LogP contribution in [0.4, 0.5) is 0 Å². The molecule has 2 aliphatic heterocycles. The molecule has 3 aliphatic rings. The van der Waals surface area contributed by atoms with Gasteiger partial charge in [0.25, 0.3) is 0 Å². The van der Waals surface area contributed by atoms with E-state index >= 15 is 0 Å². The van der Waals surface area contributed by atoms with Crippen LogP contribution in [-0.2, 0) is 28.5 Å². The fraction of sp³-hybridized carbons (Fsp3) is 0.771. The Morgan fingerprint density at radius 2 is 1.93 bits per heavy atom. The fourth-order valence-electron chi connectivity index (χ4n) is 6.44. The van der Waals surface area contributed by atoms with Gasteiger partial charge in [-0.2, -0.15) is 0 Å². The number of ether oxygens (including phenoxy) is 4. The molecule has 3 unspecified atom stereocenters. The minimum atomic E-state index is -1.44. The molecule has 1 aliphatic carbocycles. The van der Waals surface area contributed by atoms with E-state index in [-0.39, 0.29) is 55.5 Å². The molecule has 0 spiro atoms. The van der Waals surface area contributed by atoms with Gasteiger partial charge < -0.3 is 39.6 Å². The van der Waals surface area contributed by atoms with Crippen molar-refractivity contribution in [3.63, 3.8) is 0 Å². The number of carbonyl (C=O) groups is 2. The summed E-state index contributed by atoms with van der Waals surface area (Å²) in [7, 11) is 1.72. The molecule has 0 aromatic heterocycles. The average molecular weight is 636 g/mol. The van der Waals surface area contributed by atoms with Gasteiger partial charge in [-0.25, -0.2) is 0 Å². The number of aliphatic hydroxyl groups is 3. The summed E-state index contributed by atoms with van der Waals surface area (Å²) in [6.45, 7) is 12.5. The maximum atomic E-state index is 12.8. The van der Waals surface area contributed by atoms with Crippen LogP contribution < -0.4 is 5.32 Å². The summed E-state index contributed by atoms with van der Waals surface area (Å²) < 4.78 is 23.1. The zero-order valence-corrected chi connectivity index (χ0v) is 28.4. The molecule has 0 aromatic rings. The molecule has 0 radical (unpaired) electrons. The quantitative estimate of drug-likeness (QED) is 0.108. The standard InChI is InChI=1S/C35H57NO9/c1-9-27(42-8)23(4)31-32(45-31)33(36-25-13-10-14-25)35(7,41)18-11-12-21(2)30-22(3)15-16-28(43-24(5)37)34(6,40)19-17-26(38)20-29(39)44-30/h11-12,15-16,18,22-23,25-28,30-33,36,38,40-41H,9-10,13-14,17,19-20H2,1-8H3/t22-,23+,26+,27-,28-,30?,31+,32-,33?,34+,35?/m0/s1. The van der Waals surface area contributed by atoms with E-state index in [2.05, 4.69) is 19.2 Å². The lowest BCUT2D eigenvalue weighted by Gasteiger charge is -2.37. The lowest BCUT2D eigenvalue weighted by molar-refractivity contribution is -0.157. The first-order valence-electron chi connectivity index (χ1n) is 16.6. The van der Waals surface area contributed by atoms with Crippen molar-refractivity contribution in [1.29, 1.82) is 0 Å². The molecule has 1 saturated carbocycles. The zero-order valence-electron chi connectivity index (χ0n) is 28.4. The van der Waals surface area contributed by atoms with E-state index < -0.39 is 41.5 Å². The first-order valence-corrected chi connectivity index (χ1v) is 16.6. The van der Waals surface area contributed by atoms with Crippen LogP contribution in [0, 0.1) is 11.8 Å². The topological polar surface area (TPSA) is 147 Å². The van der Waals surface area contributed by atoms with E-state index in [1.165, 1.54) is 13.3 Å². The normalized spacial score (nSPS) is 35.3. The number of methoxy groups -OCH3 is 1. The molecule has 10 nitrogen and oxygen atoms in total. The number of rotatable bonds is 12. The molecule has 256 valence electrons. The summed E-state index contributed by atoms with van der Waals surface area (Å²) in [5, 5.41) is 36.9. The van der Waals surface area contributed by atoms with Crippen LogP contribution in [-0.4, -0.2) is 94.3 Å². The van der Waals surface area contributed by atoms with Crippen molar-refractivity contribution >= 4 is 11.9 Å². The molecule has 2 fully saturated rings. The second kappa shape index (κ2) is 16.2. The smallest absolute Gasteiger partial charge is 0.309 e. The van der Waals surface area contributed by atoms with Crippen molar-refractivity contribution in [3.8, 4) is 0 Å². The number of carbonyl (C=O) groups excluding carboxylic acids is 2. The fourth-order valence-corrected chi connectivity index (χ4v) is 6.44. The van der Waals surface area contributed by atoms with Gasteiger partial charge in [-0.05, 0) is 64.5 Å². The zero-order chi connectivity index (χ0) is 33.5. The third kappa shape index (κ3) is 10.5. The highest BCUT2D eigenvalue weighted by Crippen LogP contribution is 2.39. The molecule has 0 amide bonds. The minimum Gasteiger partial charge on any atom is -0.457 e. The van der Waals surface area contributed by atoms with E-state index in [1.54, 1.807) is 45.3 Å². The highest BCUT2D eigenvalue weighted by molar-refractivity contribution is 5.70. The van der Waals surface area contributed by atoms with Crippen LogP contribution >= 0.6 is 0 Å². The molecule has 45 heavy (non-hydrogen) atoms. The second-order valence-electron chi connectivity index (χ2n) is 13.8. The van der Waals surface area contributed by atoms with Crippen molar-refractivity contribution in [2.24, 2.45) is 11.8 Å². The number of cyclic esters (lactones) is 1. The molecular weight excluding hydrogens is 578 g/mol. The van der Waals surface area contributed by atoms with Crippen LogP contribution in [0.25, 0.3) is 0 Å². The summed E-state index contributed by atoms with van der Waals surface area (Å²) in [5.74, 6) is -1.25. The summed E-state index contributed by atoms with van der Waals surface area (Å²) in [4.78, 5) is 24.6. The molecule has 11 atom stereocenters. The van der Waals surface area contributed by atoms with E-state index in [0.29, 0.717) is 6.04 Å². The second-order valence-corrected chi connectivity index (χ2v) is 13.8. The summed E-state index contributed by atoms with van der Waals surface area (Å²) >= 11 is 0. The number of esters is 2. The number of aliphatic hydroxyl groups excluding tert-OH is 1. The predicted octanol–water partition coefficient (Wildman–Crippen LogP) is 3.91. The molecule has 10 heteroatoms. The van der Waals surface area contributed by atoms with Crippen LogP contribution in [0.2, 0.25) is 0 Å². The number of epoxide rings is 1. The highest BCUT2D eigenvalue weighted by Gasteiger charge is 2.54. The van der Waals surface area contributed by atoms with Gasteiger partial charge in [-0.15, -0.1) is 0 Å². The Kier molecular flexibility index (Phi) is 13.4. The Balaban J connectivity index is 1.82. The highest BCUT2D eigenvalue weighted by atomic mass is 16.6. The third-order valence-electron chi connectivity index (χ3n) is 9.71. The Morgan fingerprint density at radius 3 is 2.51 bits per heavy atom. The maximum absolute atomic E-state index is 12.8. The first-order chi connectivity index (χ1) is 21.1. The van der Waals surface area contributed by atoms with E-state index in [4.69, 9.17) is 18.9 Å². The maximum Gasteiger partial charge on any atom is 0.309 e. The first kappa shape index (κ1) is 37.4. The predicted molar refractivity (Wildman–Crippen MR) is 171 cm³/mol. The van der Waals surface area contributed by atoms with Crippen LogP contribution in [0.5, 0.6) is 0 Å². The van der Waals surface area contributed by atoms with Crippen LogP contribution in [0.15, 0.2) is 36.0 Å². The van der Waals surface area contributed by atoms with Gasteiger partial charge in [-0.3, -0.25) is 9.59 Å². The number of hydrogen-bond acceptors (Lipinski definition) is 10. The van der Waals surface area contributed by atoms with Gasteiger partial charge in [0, 0.05) is 31.9 Å². The Hall–Kier alpha value is -2.08. The van der Waals surface area contributed by atoms with Gasteiger partial charge in [0.15, 0.2) is 0 Å². The van der Waals surface area contributed by atoms with E-state index in [9.17, 15) is 24.9 Å². The molecule has 0 bridgehead atoms. The van der Waals surface area contributed by atoms with Crippen LogP contribution in [0.3, 0.4) is 0 Å². The summed E-state index contributed by atoms with van der Waals surface area (Å²) in [6.07, 6.45) is 10.2. The monoisotopic (exact) mass is 635 g/mol. The third-order valence-corrected chi connectivity index (χ3v) is 9.71. The summed E-state index contributed by atoms with van der Waals surface area (Å²) in [6, 6.07) is 0.0231. The lowest BCUT2D eigenvalue weighted by Crippen LogP contribution is -2.56. The molecule has 3 rings (SSSR count). The molecule has 1 saturated heterocycles. The van der Waals surface area contributed by atoms with Crippen molar-refractivity contribution in [1.82, 2.24) is 5.32 Å². The minimum absolute atomic E-state index is 0.0140. The average Bonchev–Trinajstić information content (AvgIpc) is 3.72. The number of allylic oxidation sites excluding steroid dienone is 2. The number of nitrogens with one attached hydrogen (secondary N) is 1. The van der Waals surface area contributed by atoms with E-state index in [1.807, 2.05) is 19.9 Å². The molecule has 4 N–H and O–H groups in total. The van der Waals surface area contributed by atoms with E-state index in [0.717, 1.165) is 24.8 Å². The van der Waals surface area contributed by atoms with Crippen molar-refractivity contribution < 1.29 is 43.9 Å².